The molecule has 0 bridgehead atoms. The molecule has 1 fully saturated rings. The lowest BCUT2D eigenvalue weighted by Crippen LogP contribution is -2.37. The van der Waals surface area contributed by atoms with Gasteiger partial charge in [0.1, 0.15) is 24.0 Å². The summed E-state index contributed by atoms with van der Waals surface area (Å²) < 4.78 is 32.5. The summed E-state index contributed by atoms with van der Waals surface area (Å²) in [5, 5.41) is 0. The van der Waals surface area contributed by atoms with Crippen LogP contribution in [0.5, 0.6) is 5.75 Å². The van der Waals surface area contributed by atoms with E-state index in [2.05, 4.69) is 16.5 Å². The van der Waals surface area contributed by atoms with Crippen molar-refractivity contribution in [3.8, 4) is 5.75 Å². The molecule has 0 unspecified atom stereocenters. The fraction of sp³-hybridized carbons (Fsp3) is 0.455. The predicted octanol–water partition coefficient (Wildman–Crippen LogP) is 5.46. The van der Waals surface area contributed by atoms with E-state index < -0.39 is 0 Å². The number of halogens is 3. The highest BCUT2D eigenvalue weighted by atomic mass is 35.5. The fourth-order valence-corrected chi connectivity index (χ4v) is 3.37. The van der Waals surface area contributed by atoms with Gasteiger partial charge in [-0.1, -0.05) is 12.1 Å². The third-order valence-electron chi connectivity index (χ3n) is 4.91. The molecule has 1 saturated heterocycles. The van der Waals surface area contributed by atoms with Crippen molar-refractivity contribution in [3.63, 3.8) is 0 Å². The Morgan fingerprint density at radius 1 is 1.04 bits per heavy atom. The van der Waals surface area contributed by atoms with Gasteiger partial charge in [-0.15, -0.1) is 11.6 Å². The number of benzene rings is 2. The van der Waals surface area contributed by atoms with E-state index in [0.717, 1.165) is 50.0 Å². The van der Waals surface area contributed by atoms with Crippen molar-refractivity contribution in [1.82, 2.24) is 4.90 Å². The lowest BCUT2D eigenvalue weighted by Gasteiger charge is -2.32. The van der Waals surface area contributed by atoms with Crippen LogP contribution in [-0.4, -0.2) is 37.5 Å². The van der Waals surface area contributed by atoms with Crippen molar-refractivity contribution in [2.24, 2.45) is 5.92 Å². The maximum absolute atomic E-state index is 14.0. The molecule has 2 aromatic carbocycles. The van der Waals surface area contributed by atoms with Crippen LogP contribution in [0.3, 0.4) is 0 Å². The van der Waals surface area contributed by atoms with Crippen LogP contribution in [0, 0.1) is 24.5 Å². The Balaban J connectivity index is 0.00000126. The van der Waals surface area contributed by atoms with E-state index in [9.17, 15) is 8.78 Å². The highest BCUT2D eigenvalue weighted by molar-refractivity contribution is 6.15. The summed E-state index contributed by atoms with van der Waals surface area (Å²) in [5.41, 5.74) is 1.81. The second-order valence-corrected chi connectivity index (χ2v) is 6.89. The van der Waals surface area contributed by atoms with E-state index >= 15 is 0 Å². The number of rotatable bonds is 6. The highest BCUT2D eigenvalue weighted by Crippen LogP contribution is 2.23. The van der Waals surface area contributed by atoms with Crippen LogP contribution in [0.4, 0.5) is 8.78 Å². The third-order valence-corrected chi connectivity index (χ3v) is 4.91. The molecule has 1 heterocycles. The van der Waals surface area contributed by atoms with Gasteiger partial charge in [0.2, 0.25) is 0 Å². The van der Waals surface area contributed by atoms with Gasteiger partial charge >= 0.3 is 0 Å². The van der Waals surface area contributed by atoms with E-state index in [1.807, 2.05) is 19.1 Å². The van der Waals surface area contributed by atoms with Crippen LogP contribution in [0.2, 0.25) is 0 Å². The summed E-state index contributed by atoms with van der Waals surface area (Å²) in [6.45, 7) is 5.42. The second kappa shape index (κ2) is 11.3. The first-order valence-electron chi connectivity index (χ1n) is 9.34. The molecule has 0 amide bonds. The molecule has 1 aliphatic rings. The number of hydrogen-bond acceptors (Lipinski definition) is 2. The number of aryl methyl sites for hydroxylation is 1. The van der Waals surface area contributed by atoms with E-state index in [-0.39, 0.29) is 11.6 Å². The van der Waals surface area contributed by atoms with Gasteiger partial charge in [-0.2, -0.15) is 0 Å². The molecule has 0 atom stereocenters. The van der Waals surface area contributed by atoms with Gasteiger partial charge in [0.25, 0.3) is 0 Å². The minimum absolute atomic E-state index is 0.0740. The monoisotopic (exact) mass is 395 g/mol. The van der Waals surface area contributed by atoms with Gasteiger partial charge in [-0.3, -0.25) is 4.90 Å². The number of alkyl halides is 1. The van der Waals surface area contributed by atoms with Crippen LogP contribution < -0.4 is 4.74 Å². The van der Waals surface area contributed by atoms with Crippen LogP contribution in [0.15, 0.2) is 42.5 Å². The number of nitrogens with zero attached hydrogens (tertiary/aromatic N) is 1. The van der Waals surface area contributed by atoms with Gasteiger partial charge in [-0.05, 0) is 86.7 Å². The van der Waals surface area contributed by atoms with Crippen molar-refractivity contribution >= 4 is 11.6 Å². The molecule has 27 heavy (non-hydrogen) atoms. The summed E-state index contributed by atoms with van der Waals surface area (Å²) in [6, 6.07) is 11.6. The Bertz CT molecular complexity index is 685. The van der Waals surface area contributed by atoms with E-state index in [0.29, 0.717) is 18.3 Å². The topological polar surface area (TPSA) is 12.5 Å². The largest absolute Gasteiger partial charge is 0.492 e. The SMILES string of the molecule is CCl.Cc1ccc(CC2CCN(CCOc3ccc(F)cc3)CC2)c(F)c1. The first-order chi connectivity index (χ1) is 13.1. The predicted molar refractivity (Wildman–Crippen MR) is 108 cm³/mol. The first-order valence-corrected chi connectivity index (χ1v) is 10.1. The molecule has 0 aliphatic carbocycles. The standard InChI is InChI=1S/C21H25F2NO.CH3Cl/c1-16-2-3-18(21(23)14-16)15-17-8-10-24(11-9-17)12-13-25-20-6-4-19(22)5-7-20;1-2/h2-7,14,17H,8-13,15H2,1H3;1H3. The molecule has 1 aliphatic heterocycles. The highest BCUT2D eigenvalue weighted by Gasteiger charge is 2.20. The maximum Gasteiger partial charge on any atom is 0.126 e. The molecule has 148 valence electrons. The second-order valence-electron chi connectivity index (χ2n) is 6.89. The van der Waals surface area contributed by atoms with E-state index in [1.54, 1.807) is 18.2 Å². The van der Waals surface area contributed by atoms with Crippen molar-refractivity contribution in [1.29, 1.82) is 0 Å². The molecule has 0 N–H and O–H groups in total. The molecule has 0 saturated carbocycles. The van der Waals surface area contributed by atoms with Gasteiger partial charge in [0.05, 0.1) is 0 Å². The Morgan fingerprint density at radius 3 is 2.33 bits per heavy atom. The molecule has 0 radical (unpaired) electrons. The summed E-state index contributed by atoms with van der Waals surface area (Å²) in [7, 11) is 0. The Kier molecular flexibility index (Phi) is 9.02. The summed E-state index contributed by atoms with van der Waals surface area (Å²) in [6.07, 6.45) is 4.47. The Morgan fingerprint density at radius 2 is 1.70 bits per heavy atom. The number of ether oxygens (including phenoxy) is 1. The maximum atomic E-state index is 14.0. The zero-order valence-corrected chi connectivity index (χ0v) is 16.8. The normalized spacial score (nSPS) is 15.1. The fourth-order valence-electron chi connectivity index (χ4n) is 3.37. The molecule has 0 spiro atoms. The molecular weight excluding hydrogens is 368 g/mol. The summed E-state index contributed by atoms with van der Waals surface area (Å²) in [5.74, 6) is 0.923. The summed E-state index contributed by atoms with van der Waals surface area (Å²) >= 11 is 4.64. The van der Waals surface area contributed by atoms with Gasteiger partial charge in [0.15, 0.2) is 0 Å². The Hall–Kier alpha value is -1.65. The van der Waals surface area contributed by atoms with Crippen LogP contribution in [0.25, 0.3) is 0 Å². The van der Waals surface area contributed by atoms with Crippen LogP contribution in [0.1, 0.15) is 24.0 Å². The zero-order valence-electron chi connectivity index (χ0n) is 16.1. The average Bonchev–Trinajstić information content (AvgIpc) is 2.68. The van der Waals surface area contributed by atoms with Gasteiger partial charge < -0.3 is 4.74 Å². The minimum atomic E-state index is -0.251. The number of hydrogen-bond donors (Lipinski definition) is 0. The third kappa shape index (κ3) is 7.11. The minimum Gasteiger partial charge on any atom is -0.492 e. The van der Waals surface area contributed by atoms with E-state index in [1.165, 1.54) is 18.5 Å². The molecule has 0 aromatic heterocycles. The molecule has 3 rings (SSSR count). The average molecular weight is 396 g/mol. The van der Waals surface area contributed by atoms with Crippen LogP contribution >= 0.6 is 11.6 Å². The van der Waals surface area contributed by atoms with Crippen molar-refractivity contribution < 1.29 is 13.5 Å². The van der Waals surface area contributed by atoms with Crippen LogP contribution in [-0.2, 0) is 6.42 Å². The lowest BCUT2D eigenvalue weighted by atomic mass is 9.89. The zero-order chi connectivity index (χ0) is 19.6. The lowest BCUT2D eigenvalue weighted by molar-refractivity contribution is 0.154. The summed E-state index contributed by atoms with van der Waals surface area (Å²) in [4.78, 5) is 2.38. The van der Waals surface area contributed by atoms with E-state index in [4.69, 9.17) is 4.74 Å². The Labute approximate surface area is 166 Å². The molecule has 2 aromatic rings. The molecular formula is C22H28ClF2NO. The van der Waals surface area contributed by atoms with Crippen molar-refractivity contribution in [2.45, 2.75) is 26.2 Å². The quantitative estimate of drug-likeness (QED) is 0.602. The smallest absolute Gasteiger partial charge is 0.126 e. The van der Waals surface area contributed by atoms with Crippen molar-refractivity contribution in [2.75, 3.05) is 32.6 Å². The number of likely N-dealkylation sites (tertiary alicyclic amines) is 1. The number of piperidine rings is 1. The van der Waals surface area contributed by atoms with Gasteiger partial charge in [0, 0.05) is 12.9 Å². The van der Waals surface area contributed by atoms with Gasteiger partial charge in [-0.25, -0.2) is 8.78 Å². The molecule has 2 nitrogen and oxygen atoms in total. The first kappa shape index (κ1) is 21.6. The van der Waals surface area contributed by atoms with Crippen molar-refractivity contribution in [3.05, 3.63) is 65.2 Å². The molecule has 5 heteroatoms.